The summed E-state index contributed by atoms with van der Waals surface area (Å²) in [4.78, 5) is 13.4. The summed E-state index contributed by atoms with van der Waals surface area (Å²) in [6.07, 6.45) is 3.52. The lowest BCUT2D eigenvalue weighted by atomic mass is 9.94. The smallest absolute Gasteiger partial charge is 0.338 e. The minimum atomic E-state index is -1.43. The third-order valence-corrected chi connectivity index (χ3v) is 8.97. The number of methoxy groups -OCH3 is 1. The van der Waals surface area contributed by atoms with Gasteiger partial charge in [-0.25, -0.2) is 4.79 Å². The van der Waals surface area contributed by atoms with Gasteiger partial charge in [0, 0.05) is 39.9 Å². The van der Waals surface area contributed by atoms with Crippen molar-refractivity contribution in [3.8, 4) is 22.4 Å². The number of hydrogen-bond acceptors (Lipinski definition) is 5. The molecule has 1 aliphatic carbocycles. The molecule has 6 rings (SSSR count). The highest BCUT2D eigenvalue weighted by Gasteiger charge is 2.35. The second kappa shape index (κ2) is 9.27. The summed E-state index contributed by atoms with van der Waals surface area (Å²) in [6.45, 7) is 0. The van der Waals surface area contributed by atoms with Gasteiger partial charge in [-0.3, -0.25) is 0 Å². The fourth-order valence-electron chi connectivity index (χ4n) is 4.78. The Morgan fingerprint density at radius 1 is 1.00 bits per heavy atom. The van der Waals surface area contributed by atoms with Crippen molar-refractivity contribution in [3.05, 3.63) is 87.1 Å². The fraction of sp³-hybridized carbons (Fsp3) is 0.214. The van der Waals surface area contributed by atoms with Crippen LogP contribution in [-0.4, -0.2) is 22.8 Å². The molecule has 182 valence electrons. The number of carbonyl (C=O) groups excluding carboxylic acids is 1. The SMILES string of the molecule is COC(=O)c1ccc2c(c1)[S+]([O-])c1ccc(-c3c(-c4c(Cl)cccc4Cl)noc3C3CC3)cc1CC2. The number of aromatic nitrogens is 1. The molecule has 2 aliphatic rings. The number of aryl methyl sites for hydroxylation is 2. The Kier molecular flexibility index (Phi) is 6.08. The first-order chi connectivity index (χ1) is 17.5. The summed E-state index contributed by atoms with van der Waals surface area (Å²) in [5.74, 6) is 0.707. The maximum atomic E-state index is 13.6. The van der Waals surface area contributed by atoms with Crippen molar-refractivity contribution < 1.29 is 18.6 Å². The Balaban J connectivity index is 1.46. The van der Waals surface area contributed by atoms with E-state index in [1.807, 2.05) is 18.2 Å². The molecule has 0 amide bonds. The molecule has 0 N–H and O–H groups in total. The van der Waals surface area contributed by atoms with Crippen LogP contribution < -0.4 is 0 Å². The van der Waals surface area contributed by atoms with Gasteiger partial charge < -0.3 is 13.8 Å². The maximum absolute atomic E-state index is 13.6. The van der Waals surface area contributed by atoms with Crippen LogP contribution in [0.15, 0.2) is 68.9 Å². The summed E-state index contributed by atoms with van der Waals surface area (Å²) in [6, 6.07) is 16.6. The van der Waals surface area contributed by atoms with Crippen LogP contribution in [0.3, 0.4) is 0 Å². The van der Waals surface area contributed by atoms with E-state index < -0.39 is 17.1 Å². The van der Waals surface area contributed by atoms with Gasteiger partial charge in [0.1, 0.15) is 11.5 Å². The van der Waals surface area contributed by atoms with Gasteiger partial charge in [-0.1, -0.05) is 40.5 Å². The molecule has 1 aromatic heterocycles. The number of rotatable bonds is 4. The quantitative estimate of drug-likeness (QED) is 0.202. The van der Waals surface area contributed by atoms with Crippen LogP contribution in [0.4, 0.5) is 0 Å². The second-order valence-corrected chi connectivity index (χ2v) is 11.3. The van der Waals surface area contributed by atoms with Crippen LogP contribution >= 0.6 is 23.2 Å². The minimum Gasteiger partial charge on any atom is -0.606 e. The van der Waals surface area contributed by atoms with Crippen LogP contribution in [0.2, 0.25) is 10.0 Å². The Hall–Kier alpha value is -2.77. The zero-order chi connectivity index (χ0) is 25.0. The van der Waals surface area contributed by atoms with Crippen molar-refractivity contribution in [3.63, 3.8) is 0 Å². The average molecular weight is 538 g/mol. The summed E-state index contributed by atoms with van der Waals surface area (Å²) >= 11 is 11.7. The highest BCUT2D eigenvalue weighted by atomic mass is 35.5. The van der Waals surface area contributed by atoms with Crippen LogP contribution in [0.25, 0.3) is 22.4 Å². The molecule has 1 unspecified atom stereocenters. The fourth-order valence-corrected chi connectivity index (χ4v) is 6.82. The summed E-state index contributed by atoms with van der Waals surface area (Å²) in [5.41, 5.74) is 5.43. The molecule has 36 heavy (non-hydrogen) atoms. The molecule has 5 nitrogen and oxygen atoms in total. The maximum Gasteiger partial charge on any atom is 0.338 e. The topological polar surface area (TPSA) is 75.4 Å². The predicted octanol–water partition coefficient (Wildman–Crippen LogP) is 7.24. The molecule has 3 aromatic carbocycles. The molecule has 1 saturated carbocycles. The lowest BCUT2D eigenvalue weighted by Crippen LogP contribution is -2.08. The van der Waals surface area contributed by atoms with Crippen LogP contribution in [0, 0.1) is 0 Å². The monoisotopic (exact) mass is 537 g/mol. The third kappa shape index (κ3) is 4.02. The molecule has 0 spiro atoms. The van der Waals surface area contributed by atoms with Crippen molar-refractivity contribution in [2.45, 2.75) is 41.4 Å². The molecule has 0 saturated heterocycles. The Labute approximate surface area is 221 Å². The number of halogens is 2. The third-order valence-electron chi connectivity index (χ3n) is 6.77. The van der Waals surface area contributed by atoms with Crippen molar-refractivity contribution in [2.24, 2.45) is 0 Å². The summed E-state index contributed by atoms with van der Waals surface area (Å²) in [5, 5.41) is 5.42. The molecule has 2 heterocycles. The van der Waals surface area contributed by atoms with Crippen molar-refractivity contribution in [2.75, 3.05) is 7.11 Å². The summed E-state index contributed by atoms with van der Waals surface area (Å²) < 4.78 is 24.3. The normalized spacial score (nSPS) is 16.7. The standard InChI is InChI=1S/C28H21Cl2NO4S/c1-34-28(32)19-10-6-15-5-9-17-13-18(11-12-22(17)36(33)23(15)14-19)24-26(31-35-27(24)16-7-8-16)25-20(29)3-2-4-21(25)30/h2-4,6,10-14,16H,5,7-9H2,1H3. The number of nitrogens with zero attached hydrogens (tertiary/aromatic N) is 1. The van der Waals surface area contributed by atoms with Crippen molar-refractivity contribution in [1.82, 2.24) is 5.16 Å². The highest BCUT2D eigenvalue weighted by Crippen LogP contribution is 2.50. The molecule has 1 atom stereocenters. The average Bonchev–Trinajstić information content (AvgIpc) is 3.67. The van der Waals surface area contributed by atoms with E-state index in [9.17, 15) is 9.35 Å². The first-order valence-corrected chi connectivity index (χ1v) is 13.6. The molecule has 1 aliphatic heterocycles. The van der Waals surface area contributed by atoms with Gasteiger partial charge >= 0.3 is 5.97 Å². The Morgan fingerprint density at radius 2 is 1.75 bits per heavy atom. The van der Waals surface area contributed by atoms with E-state index >= 15 is 0 Å². The zero-order valence-electron chi connectivity index (χ0n) is 19.3. The molecule has 0 radical (unpaired) electrons. The number of hydrogen-bond donors (Lipinski definition) is 0. The number of benzene rings is 3. The zero-order valence-corrected chi connectivity index (χ0v) is 21.7. The molecular formula is C28H21Cl2NO4S. The van der Waals surface area contributed by atoms with Crippen LogP contribution in [-0.2, 0) is 28.8 Å². The number of ether oxygens (including phenoxy) is 1. The minimum absolute atomic E-state index is 0.316. The predicted molar refractivity (Wildman–Crippen MR) is 139 cm³/mol. The van der Waals surface area contributed by atoms with E-state index in [4.69, 9.17) is 32.5 Å². The van der Waals surface area contributed by atoms with E-state index in [1.165, 1.54) is 7.11 Å². The first kappa shape index (κ1) is 23.6. The van der Waals surface area contributed by atoms with Gasteiger partial charge in [0.25, 0.3) is 0 Å². The number of carbonyl (C=O) groups is 1. The van der Waals surface area contributed by atoms with E-state index in [0.29, 0.717) is 50.5 Å². The Bertz CT molecular complexity index is 1490. The van der Waals surface area contributed by atoms with Gasteiger partial charge in [0.2, 0.25) is 0 Å². The van der Waals surface area contributed by atoms with Crippen LogP contribution in [0.1, 0.15) is 46.0 Å². The molecule has 8 heteroatoms. The number of fused-ring (bicyclic) bond motifs is 2. The largest absolute Gasteiger partial charge is 0.606 e. The van der Waals surface area contributed by atoms with Gasteiger partial charge in [-0.2, -0.15) is 0 Å². The van der Waals surface area contributed by atoms with Gasteiger partial charge in [-0.15, -0.1) is 0 Å². The highest BCUT2D eigenvalue weighted by molar-refractivity contribution is 7.91. The molecular weight excluding hydrogens is 517 g/mol. The van der Waals surface area contributed by atoms with Gasteiger partial charge in [-0.05, 0) is 67.6 Å². The van der Waals surface area contributed by atoms with E-state index in [0.717, 1.165) is 45.8 Å². The molecule has 0 bridgehead atoms. The van der Waals surface area contributed by atoms with Gasteiger partial charge in [0.15, 0.2) is 9.79 Å². The Morgan fingerprint density at radius 3 is 2.47 bits per heavy atom. The van der Waals surface area contributed by atoms with Crippen molar-refractivity contribution in [1.29, 1.82) is 0 Å². The van der Waals surface area contributed by atoms with Crippen molar-refractivity contribution >= 4 is 40.3 Å². The lowest BCUT2D eigenvalue weighted by molar-refractivity contribution is 0.0600. The second-order valence-electron chi connectivity index (χ2n) is 9.05. The van der Waals surface area contributed by atoms with E-state index in [2.05, 4.69) is 11.2 Å². The van der Waals surface area contributed by atoms with E-state index in [1.54, 1.807) is 30.3 Å². The number of esters is 1. The first-order valence-electron chi connectivity index (χ1n) is 11.7. The van der Waals surface area contributed by atoms with Gasteiger partial charge in [0.05, 0.1) is 28.3 Å². The molecule has 1 fully saturated rings. The molecule has 4 aromatic rings. The lowest BCUT2D eigenvalue weighted by Gasteiger charge is -2.14. The van der Waals surface area contributed by atoms with E-state index in [-0.39, 0.29) is 0 Å². The van der Waals surface area contributed by atoms with Crippen LogP contribution in [0.5, 0.6) is 0 Å². The summed E-state index contributed by atoms with van der Waals surface area (Å²) in [7, 11) is 1.34.